The Morgan fingerprint density at radius 2 is 0.568 bits per heavy atom. The average Bonchev–Trinajstić information content (AvgIpc) is 1.56. The number of nitrogens with one attached hydrogen (secondary N) is 2. The van der Waals surface area contributed by atoms with Gasteiger partial charge in [0.1, 0.15) is 0 Å². The largest absolute Gasteiger partial charge is 0.462 e. The van der Waals surface area contributed by atoms with Gasteiger partial charge < -0.3 is 33.7 Å². The summed E-state index contributed by atoms with van der Waals surface area (Å²) in [6.07, 6.45) is 29.2. The topological polar surface area (TPSA) is 188 Å². The summed E-state index contributed by atoms with van der Waals surface area (Å²) in [5.74, 6) is -2.12. The molecule has 14 nitrogen and oxygen atoms in total. The Kier molecular flexibility index (Phi) is 27.3. The van der Waals surface area contributed by atoms with Crippen LogP contribution in [-0.2, 0) is 68.6 Å². The second-order valence-corrected chi connectivity index (χ2v) is 31.8. The van der Waals surface area contributed by atoms with Crippen molar-refractivity contribution in [1.82, 2.24) is 9.97 Å². The summed E-state index contributed by atoms with van der Waals surface area (Å²) in [6.45, 7) is 18.5. The second kappa shape index (κ2) is 37.9. The number of hydrogen-bond acceptors (Lipinski definition) is 12. The Balaban J connectivity index is 1.28. The van der Waals surface area contributed by atoms with Crippen molar-refractivity contribution in [2.75, 3.05) is 33.0 Å². The summed E-state index contributed by atoms with van der Waals surface area (Å²) in [5, 5.41) is 1.89. The van der Waals surface area contributed by atoms with Gasteiger partial charge in [0, 0.05) is 22.3 Å². The molecule has 7 aliphatic rings. The molecule has 2 N–H and O–H groups in total. The molecule has 0 atom stereocenters. The fourth-order valence-corrected chi connectivity index (χ4v) is 17.5. The van der Waals surface area contributed by atoms with Crippen LogP contribution < -0.4 is 10.7 Å². The molecule has 0 amide bonds. The highest BCUT2D eigenvalue weighted by atomic mass is 16.5. The van der Waals surface area contributed by atoms with E-state index in [-0.39, 0.29) is 42.2 Å². The molecular formula is C97H118N4O10. The van der Waals surface area contributed by atoms with Crippen LogP contribution in [0.2, 0.25) is 0 Å². The van der Waals surface area contributed by atoms with Crippen LogP contribution in [0.3, 0.4) is 0 Å². The number of nitrogens with zero attached hydrogens (tertiary/aromatic N) is 2. The number of allylic oxidation sites excluding steroid dienone is 4. The third-order valence-electron chi connectivity index (χ3n) is 23.5. The van der Waals surface area contributed by atoms with E-state index in [1.165, 1.54) is 16.7 Å². The van der Waals surface area contributed by atoms with E-state index in [4.69, 9.17) is 33.7 Å². The summed E-state index contributed by atoms with van der Waals surface area (Å²) < 4.78 is 30.8. The van der Waals surface area contributed by atoms with Crippen molar-refractivity contribution in [3.63, 3.8) is 0 Å². The molecule has 5 aliphatic carbocycles. The van der Waals surface area contributed by atoms with Crippen molar-refractivity contribution in [3.05, 3.63) is 218 Å². The number of unbranched alkanes of at least 4 members (excludes halogenated alkanes) is 8. The van der Waals surface area contributed by atoms with Gasteiger partial charge in [0.2, 0.25) is 0 Å². The van der Waals surface area contributed by atoms with Crippen molar-refractivity contribution in [2.45, 2.75) is 280 Å². The molecule has 0 saturated carbocycles. The molecule has 586 valence electrons. The fourth-order valence-electron chi connectivity index (χ4n) is 17.5. The van der Waals surface area contributed by atoms with Gasteiger partial charge in [0.05, 0.1) is 106 Å². The quantitative estimate of drug-likeness (QED) is 0.0228. The average molecular weight is 1500 g/mol. The molecule has 0 spiro atoms. The lowest BCUT2D eigenvalue weighted by Crippen LogP contribution is -2.25. The third-order valence-corrected chi connectivity index (χ3v) is 23.5. The Morgan fingerprint density at radius 1 is 0.297 bits per heavy atom. The first-order valence-electron chi connectivity index (χ1n) is 43.1. The van der Waals surface area contributed by atoms with Crippen LogP contribution in [0.1, 0.15) is 360 Å². The zero-order valence-corrected chi connectivity index (χ0v) is 67.7. The molecule has 13 rings (SSSR count). The van der Waals surface area contributed by atoms with E-state index in [2.05, 4.69) is 108 Å². The number of ether oxygens (including phenoxy) is 5. The molecule has 0 fully saturated rings. The zero-order chi connectivity index (χ0) is 77.5. The fraction of sp³-hybridized carbons (Fsp3) is 0.495. The van der Waals surface area contributed by atoms with Gasteiger partial charge in [0.15, 0.2) is 0 Å². The minimum Gasteiger partial charge on any atom is -0.462 e. The number of aryl methyl sites for hydroxylation is 3. The molecule has 0 unspecified atom stereocenters. The molecule has 14 heteroatoms. The predicted octanol–water partition coefficient (Wildman–Crippen LogP) is 21.2. The van der Waals surface area contributed by atoms with Gasteiger partial charge in [-0.05, 0) is 311 Å². The van der Waals surface area contributed by atoms with Crippen molar-refractivity contribution < 1.29 is 47.7 Å². The lowest BCUT2D eigenvalue weighted by molar-refractivity contribution is 0.0483. The predicted molar refractivity (Wildman–Crippen MR) is 445 cm³/mol. The first-order valence-corrected chi connectivity index (χ1v) is 43.1. The molecule has 2 aliphatic heterocycles. The first-order chi connectivity index (χ1) is 54.3. The maximum atomic E-state index is 14.9. The number of carbonyl (C=O) groups excluding carboxylic acids is 5. The normalized spacial score (nSPS) is 16.0. The first kappa shape index (κ1) is 79.9. The number of aliphatic imine (C=N–C) groups is 2. The standard InChI is InChI=1S/C97H118N4O10/c1-9-17-33-61-49-64(55-68(52-61)93(102)107-44-20-12-4)81-85-73-36-25-27-38-75(73)87(98-85)82(65-50-62(34-18-10-2)53-69(56-65)94(103)108-45-21-13-5)89-77-40-29-31-42-79(77)91(100-89)84(67-58-71(96(105)110-47-23-15-7)60-72(59-67)97(106)111-48-24-16-8)92-80-43-32-30-41-78(80)90(101-92)83(88-76-39-28-26-37-74(76)86(81)99-88)66-51-63(35-19-11-3)54-70(57-66)95(104)109-46-22-14-6/h49-60,98,101H,9-48H2,1-8H3. The van der Waals surface area contributed by atoms with Crippen molar-refractivity contribution in [2.24, 2.45) is 9.98 Å². The van der Waals surface area contributed by atoms with Crippen LogP contribution in [0.15, 0.2) is 116 Å². The number of benzene rings is 4. The van der Waals surface area contributed by atoms with Gasteiger partial charge in [-0.1, -0.05) is 125 Å². The molecule has 6 aromatic rings. The van der Waals surface area contributed by atoms with E-state index in [0.29, 0.717) is 67.8 Å². The molecule has 4 aromatic carbocycles. The van der Waals surface area contributed by atoms with E-state index in [9.17, 15) is 24.0 Å². The van der Waals surface area contributed by atoms with Crippen LogP contribution in [0, 0.1) is 0 Å². The SMILES string of the molecule is CCCCOC(=O)c1cc(CCCC)cc(C2=C3N=C(C4=C3CCCC4)C(c3cc(CCCC)cc(C(=O)OCCCC)c3)=c3[nH]c(c4c3CCCC4)=C(c3cc(CCCC)cc(C(=O)OCCCC)c3)C3=NC(=C(c4cc(C(=O)OCCCC)cc(C(=O)OCCCC)c4)c4[nH]c2c2c4CCCC2)C2=C3CCCC2)c1. The van der Waals surface area contributed by atoms with E-state index < -0.39 is 11.9 Å². The van der Waals surface area contributed by atoms with E-state index in [0.717, 1.165) is 327 Å². The van der Waals surface area contributed by atoms with Crippen molar-refractivity contribution >= 4 is 63.6 Å². The number of hydrogen-bond donors (Lipinski definition) is 2. The number of esters is 5. The van der Waals surface area contributed by atoms with Crippen LogP contribution in [0.25, 0.3) is 22.3 Å². The van der Waals surface area contributed by atoms with Crippen LogP contribution in [0.5, 0.6) is 0 Å². The molecule has 0 radical (unpaired) electrons. The highest BCUT2D eigenvalue weighted by Gasteiger charge is 2.40. The molecule has 2 aromatic heterocycles. The summed E-state index contributed by atoms with van der Waals surface area (Å²) in [7, 11) is 0. The summed E-state index contributed by atoms with van der Waals surface area (Å²) in [6, 6.07) is 24.7. The zero-order valence-electron chi connectivity index (χ0n) is 67.7. The number of carbonyl (C=O) groups is 5. The van der Waals surface area contributed by atoms with E-state index >= 15 is 0 Å². The van der Waals surface area contributed by atoms with Gasteiger partial charge >= 0.3 is 29.8 Å². The smallest absolute Gasteiger partial charge is 0.338 e. The Bertz CT molecular complexity index is 4820. The maximum absolute atomic E-state index is 14.9. The van der Waals surface area contributed by atoms with Crippen LogP contribution in [0.4, 0.5) is 0 Å². The summed E-state index contributed by atoms with van der Waals surface area (Å²) >= 11 is 0. The van der Waals surface area contributed by atoms with Gasteiger partial charge in [-0.3, -0.25) is 0 Å². The van der Waals surface area contributed by atoms with E-state index in [1.54, 1.807) is 6.07 Å². The minimum atomic E-state index is -0.526. The summed E-state index contributed by atoms with van der Waals surface area (Å²) in [5.41, 5.74) is 26.1. The lowest BCUT2D eigenvalue weighted by atomic mass is 9.81. The highest BCUT2D eigenvalue weighted by molar-refractivity contribution is 6.35. The molecule has 4 heterocycles. The molecule has 8 bridgehead atoms. The molecule has 111 heavy (non-hydrogen) atoms. The van der Waals surface area contributed by atoms with Crippen molar-refractivity contribution in [3.8, 4) is 0 Å². The minimum absolute atomic E-state index is 0.221. The number of aromatic amines is 2. The van der Waals surface area contributed by atoms with Gasteiger partial charge in [-0.15, -0.1) is 0 Å². The number of aromatic nitrogens is 2. The lowest BCUT2D eigenvalue weighted by Gasteiger charge is -2.21. The summed E-state index contributed by atoms with van der Waals surface area (Å²) in [4.78, 5) is 96.1. The Hall–Kier alpha value is -9.17. The molecule has 0 saturated heterocycles. The number of rotatable bonds is 33. The third kappa shape index (κ3) is 17.7. The van der Waals surface area contributed by atoms with Crippen molar-refractivity contribution in [1.29, 1.82) is 0 Å². The highest BCUT2D eigenvalue weighted by Crippen LogP contribution is 2.51. The Morgan fingerprint density at radius 3 is 0.883 bits per heavy atom. The number of H-pyrrole nitrogens is 2. The van der Waals surface area contributed by atoms with Crippen LogP contribution in [-0.4, -0.2) is 84.3 Å². The monoisotopic (exact) mass is 1500 g/mol. The second-order valence-electron chi connectivity index (χ2n) is 31.8. The Labute approximate surface area is 658 Å². The van der Waals surface area contributed by atoms with Gasteiger partial charge in [-0.2, -0.15) is 0 Å². The molecular weight excluding hydrogens is 1380 g/mol. The van der Waals surface area contributed by atoms with E-state index in [1.807, 2.05) is 24.3 Å². The van der Waals surface area contributed by atoms with Gasteiger partial charge in [0.25, 0.3) is 0 Å². The maximum Gasteiger partial charge on any atom is 0.338 e. The van der Waals surface area contributed by atoms with Crippen LogP contribution >= 0.6 is 0 Å². The van der Waals surface area contributed by atoms with Gasteiger partial charge in [-0.25, -0.2) is 34.0 Å².